The Kier molecular flexibility index (Phi) is 5.96. The van der Waals surface area contributed by atoms with Crippen molar-refractivity contribution in [3.63, 3.8) is 0 Å². The Morgan fingerprint density at radius 3 is 2.55 bits per heavy atom. The highest BCUT2D eigenvalue weighted by atomic mass is 35.5. The molecule has 0 heterocycles. The normalized spacial score (nSPS) is 11.0. The summed E-state index contributed by atoms with van der Waals surface area (Å²) in [5.74, 6) is 0.946. The van der Waals surface area contributed by atoms with Gasteiger partial charge >= 0.3 is 0 Å². The molecule has 0 fully saturated rings. The first kappa shape index (κ1) is 15.4. The largest absolute Gasteiger partial charge is 0.310 e. The monoisotopic (exact) mass is 305 g/mol. The maximum atomic E-state index is 6.01. The van der Waals surface area contributed by atoms with Crippen LogP contribution >= 0.6 is 23.4 Å². The van der Waals surface area contributed by atoms with Crippen LogP contribution in [0.15, 0.2) is 53.4 Å². The molecule has 0 atom stereocenters. The third kappa shape index (κ3) is 5.20. The predicted molar refractivity (Wildman–Crippen MR) is 89.4 cm³/mol. The van der Waals surface area contributed by atoms with E-state index in [0.717, 1.165) is 17.3 Å². The highest BCUT2D eigenvalue weighted by Gasteiger charge is 2.00. The average Bonchev–Trinajstić information content (AvgIpc) is 2.43. The van der Waals surface area contributed by atoms with Crippen molar-refractivity contribution in [3.8, 4) is 0 Å². The maximum absolute atomic E-state index is 6.01. The van der Waals surface area contributed by atoms with E-state index in [9.17, 15) is 0 Å². The highest BCUT2D eigenvalue weighted by Crippen LogP contribution is 2.24. The van der Waals surface area contributed by atoms with Crippen LogP contribution in [0.2, 0.25) is 5.02 Å². The van der Waals surface area contributed by atoms with Crippen molar-refractivity contribution >= 4 is 23.4 Å². The summed E-state index contributed by atoms with van der Waals surface area (Å²) in [5, 5.41) is 4.25. The molecule has 0 unspecified atom stereocenters. The second-order valence-corrected chi connectivity index (χ2v) is 6.59. The Morgan fingerprint density at radius 2 is 1.80 bits per heavy atom. The van der Waals surface area contributed by atoms with Crippen molar-refractivity contribution in [2.45, 2.75) is 37.1 Å². The van der Waals surface area contributed by atoms with Crippen LogP contribution < -0.4 is 5.32 Å². The zero-order valence-electron chi connectivity index (χ0n) is 11.9. The molecule has 0 aliphatic rings. The van der Waals surface area contributed by atoms with Gasteiger partial charge in [-0.1, -0.05) is 49.7 Å². The lowest BCUT2D eigenvalue weighted by atomic mass is 10.2. The topological polar surface area (TPSA) is 12.0 Å². The molecule has 0 saturated carbocycles. The lowest BCUT2D eigenvalue weighted by Crippen LogP contribution is -2.21. The molecule has 0 spiro atoms. The molecule has 0 aromatic heterocycles. The number of benzene rings is 2. The number of hydrogen-bond acceptors (Lipinski definition) is 2. The Hall–Kier alpha value is -0.960. The van der Waals surface area contributed by atoms with Crippen molar-refractivity contribution in [1.29, 1.82) is 0 Å². The standard InChI is InChI=1S/C17H20ClNS/c1-13(2)19-11-14-5-4-8-17(10-14)20-12-15-6-3-7-16(18)9-15/h3-10,13,19H,11-12H2,1-2H3. The number of halogens is 1. The molecule has 0 saturated heterocycles. The van der Waals surface area contributed by atoms with Crippen molar-refractivity contribution < 1.29 is 0 Å². The third-order valence-corrected chi connectivity index (χ3v) is 4.21. The zero-order valence-corrected chi connectivity index (χ0v) is 13.5. The fourth-order valence-corrected chi connectivity index (χ4v) is 3.00. The van der Waals surface area contributed by atoms with Crippen molar-refractivity contribution in [1.82, 2.24) is 5.32 Å². The molecule has 0 radical (unpaired) electrons. The van der Waals surface area contributed by atoms with E-state index in [-0.39, 0.29) is 0 Å². The van der Waals surface area contributed by atoms with Gasteiger partial charge < -0.3 is 5.32 Å². The van der Waals surface area contributed by atoms with Crippen LogP contribution in [-0.4, -0.2) is 6.04 Å². The van der Waals surface area contributed by atoms with Gasteiger partial charge in [0.1, 0.15) is 0 Å². The molecule has 20 heavy (non-hydrogen) atoms. The van der Waals surface area contributed by atoms with E-state index >= 15 is 0 Å². The molecule has 0 aliphatic carbocycles. The maximum Gasteiger partial charge on any atom is 0.0409 e. The summed E-state index contributed by atoms with van der Waals surface area (Å²) in [6, 6.07) is 17.3. The lowest BCUT2D eigenvalue weighted by molar-refractivity contribution is 0.588. The zero-order chi connectivity index (χ0) is 14.4. The third-order valence-electron chi connectivity index (χ3n) is 2.91. The van der Waals surface area contributed by atoms with Gasteiger partial charge in [-0.2, -0.15) is 0 Å². The van der Waals surface area contributed by atoms with E-state index in [2.05, 4.69) is 49.5 Å². The molecule has 2 aromatic rings. The number of nitrogens with one attached hydrogen (secondary N) is 1. The van der Waals surface area contributed by atoms with Crippen LogP contribution in [0.1, 0.15) is 25.0 Å². The summed E-state index contributed by atoms with van der Waals surface area (Å²) >= 11 is 7.85. The summed E-state index contributed by atoms with van der Waals surface area (Å²) in [7, 11) is 0. The molecule has 2 rings (SSSR count). The smallest absolute Gasteiger partial charge is 0.0409 e. The van der Waals surface area contributed by atoms with Crippen LogP contribution in [0.5, 0.6) is 0 Å². The van der Waals surface area contributed by atoms with Crippen LogP contribution in [0.25, 0.3) is 0 Å². The number of rotatable bonds is 6. The van der Waals surface area contributed by atoms with Gasteiger partial charge in [-0.05, 0) is 35.4 Å². The van der Waals surface area contributed by atoms with Crippen molar-refractivity contribution in [3.05, 3.63) is 64.7 Å². The van der Waals surface area contributed by atoms with Crippen LogP contribution in [0, 0.1) is 0 Å². The van der Waals surface area contributed by atoms with E-state index in [1.165, 1.54) is 16.0 Å². The van der Waals surface area contributed by atoms with E-state index < -0.39 is 0 Å². The fraction of sp³-hybridized carbons (Fsp3) is 0.294. The number of thioether (sulfide) groups is 1. The van der Waals surface area contributed by atoms with Crippen molar-refractivity contribution in [2.75, 3.05) is 0 Å². The van der Waals surface area contributed by atoms with Crippen LogP contribution in [0.4, 0.5) is 0 Å². The van der Waals surface area contributed by atoms with Gasteiger partial charge in [0.2, 0.25) is 0 Å². The SMILES string of the molecule is CC(C)NCc1cccc(SCc2cccc(Cl)c2)c1. The first-order valence-electron chi connectivity index (χ1n) is 6.83. The molecule has 0 amide bonds. The van der Waals surface area contributed by atoms with Gasteiger partial charge in [-0.3, -0.25) is 0 Å². The summed E-state index contributed by atoms with van der Waals surface area (Å²) < 4.78 is 0. The van der Waals surface area contributed by atoms with Gasteiger partial charge in [-0.25, -0.2) is 0 Å². The minimum Gasteiger partial charge on any atom is -0.310 e. The second-order valence-electron chi connectivity index (χ2n) is 5.10. The summed E-state index contributed by atoms with van der Waals surface area (Å²) in [5.41, 5.74) is 2.59. The van der Waals surface area contributed by atoms with Gasteiger partial charge in [0.05, 0.1) is 0 Å². The van der Waals surface area contributed by atoms with E-state index in [1.54, 1.807) is 0 Å². The molecular formula is C17H20ClNS. The van der Waals surface area contributed by atoms with Gasteiger partial charge in [-0.15, -0.1) is 11.8 Å². The van der Waals surface area contributed by atoms with Crippen LogP contribution in [0.3, 0.4) is 0 Å². The van der Waals surface area contributed by atoms with Gasteiger partial charge in [0.25, 0.3) is 0 Å². The van der Waals surface area contributed by atoms with Crippen molar-refractivity contribution in [2.24, 2.45) is 0 Å². The second kappa shape index (κ2) is 7.72. The molecular weight excluding hydrogens is 286 g/mol. The summed E-state index contributed by atoms with van der Waals surface area (Å²) in [6.07, 6.45) is 0. The molecule has 3 heteroatoms. The predicted octanol–water partition coefficient (Wildman–Crippen LogP) is 5.13. The molecule has 1 nitrogen and oxygen atoms in total. The van der Waals surface area contributed by atoms with E-state index in [4.69, 9.17) is 11.6 Å². The minimum atomic E-state index is 0.512. The van der Waals surface area contributed by atoms with E-state index in [0.29, 0.717) is 6.04 Å². The summed E-state index contributed by atoms with van der Waals surface area (Å²) in [4.78, 5) is 1.30. The fourth-order valence-electron chi connectivity index (χ4n) is 1.86. The molecule has 2 aromatic carbocycles. The van der Waals surface area contributed by atoms with Gasteiger partial charge in [0, 0.05) is 28.3 Å². The molecule has 106 valence electrons. The first-order valence-corrected chi connectivity index (χ1v) is 8.19. The number of hydrogen-bond donors (Lipinski definition) is 1. The molecule has 1 N–H and O–H groups in total. The highest BCUT2D eigenvalue weighted by molar-refractivity contribution is 7.98. The Labute approximate surface area is 130 Å². The quantitative estimate of drug-likeness (QED) is 0.742. The minimum absolute atomic E-state index is 0.512. The Morgan fingerprint density at radius 1 is 1.05 bits per heavy atom. The average molecular weight is 306 g/mol. The van der Waals surface area contributed by atoms with Crippen LogP contribution in [-0.2, 0) is 12.3 Å². The molecule has 0 bridgehead atoms. The van der Waals surface area contributed by atoms with E-state index in [1.807, 2.05) is 30.0 Å². The lowest BCUT2D eigenvalue weighted by Gasteiger charge is -2.09. The van der Waals surface area contributed by atoms with Gasteiger partial charge in [0.15, 0.2) is 0 Å². The first-order chi connectivity index (χ1) is 9.63. The summed E-state index contributed by atoms with van der Waals surface area (Å²) in [6.45, 7) is 5.25. The Balaban J connectivity index is 1.94. The molecule has 0 aliphatic heterocycles. The Bertz CT molecular complexity index is 554.